The first-order valence-electron chi connectivity index (χ1n) is 3.18. The smallest absolute Gasteiger partial charge is 0.216 e. The Morgan fingerprint density at radius 2 is 2.42 bits per heavy atom. The van der Waals surface area contributed by atoms with Crippen LogP contribution in [-0.2, 0) is 0 Å². The van der Waals surface area contributed by atoms with Crippen LogP contribution in [0.2, 0.25) is 4.34 Å². The SMILES string of the molecule is Nc1nc(-c2csc(Cl)c2)n[nH]1. The lowest BCUT2D eigenvalue weighted by atomic mass is 10.3. The van der Waals surface area contributed by atoms with E-state index in [0.717, 1.165) is 5.56 Å². The largest absolute Gasteiger partial charge is 0.368 e. The molecule has 0 saturated heterocycles. The van der Waals surface area contributed by atoms with E-state index in [4.69, 9.17) is 17.3 Å². The van der Waals surface area contributed by atoms with Crippen LogP contribution in [0.25, 0.3) is 11.4 Å². The summed E-state index contributed by atoms with van der Waals surface area (Å²) in [6, 6.07) is 1.80. The Kier molecular flexibility index (Phi) is 1.74. The van der Waals surface area contributed by atoms with Gasteiger partial charge in [-0.25, -0.2) is 5.10 Å². The number of rotatable bonds is 1. The van der Waals surface area contributed by atoms with Gasteiger partial charge in [-0.1, -0.05) is 11.6 Å². The standard InChI is InChI=1S/C6H5ClN4S/c7-4-1-3(2-12-4)5-9-6(8)11-10-5/h1-2H,(H3,8,9,10,11). The molecule has 0 spiro atoms. The lowest BCUT2D eigenvalue weighted by Crippen LogP contribution is -1.85. The molecule has 3 N–H and O–H groups in total. The highest BCUT2D eigenvalue weighted by Crippen LogP contribution is 2.26. The fraction of sp³-hybridized carbons (Fsp3) is 0. The van der Waals surface area contributed by atoms with Crippen molar-refractivity contribution in [2.24, 2.45) is 0 Å². The van der Waals surface area contributed by atoms with Crippen LogP contribution in [0.5, 0.6) is 0 Å². The maximum Gasteiger partial charge on any atom is 0.216 e. The molecule has 0 fully saturated rings. The lowest BCUT2D eigenvalue weighted by Gasteiger charge is -1.82. The molecule has 0 aliphatic carbocycles. The van der Waals surface area contributed by atoms with Gasteiger partial charge in [-0.05, 0) is 6.07 Å². The minimum absolute atomic E-state index is 0.312. The van der Waals surface area contributed by atoms with Crippen molar-refractivity contribution >= 4 is 28.9 Å². The van der Waals surface area contributed by atoms with Gasteiger partial charge >= 0.3 is 0 Å². The fourth-order valence-electron chi connectivity index (χ4n) is 0.831. The van der Waals surface area contributed by atoms with Crippen LogP contribution in [0.1, 0.15) is 0 Å². The predicted molar refractivity (Wildman–Crippen MR) is 49.1 cm³/mol. The second-order valence-electron chi connectivity index (χ2n) is 2.18. The molecule has 0 aliphatic rings. The van der Waals surface area contributed by atoms with E-state index in [9.17, 15) is 0 Å². The van der Waals surface area contributed by atoms with Crippen molar-refractivity contribution in [1.29, 1.82) is 0 Å². The Labute approximate surface area is 77.4 Å². The minimum atomic E-state index is 0.312. The third-order valence-electron chi connectivity index (χ3n) is 1.33. The van der Waals surface area contributed by atoms with Crippen molar-refractivity contribution in [3.63, 3.8) is 0 Å². The second-order valence-corrected chi connectivity index (χ2v) is 3.73. The summed E-state index contributed by atoms with van der Waals surface area (Å²) in [6.45, 7) is 0. The van der Waals surface area contributed by atoms with Crippen LogP contribution < -0.4 is 5.73 Å². The molecule has 6 heteroatoms. The molecule has 12 heavy (non-hydrogen) atoms. The topological polar surface area (TPSA) is 67.6 Å². The van der Waals surface area contributed by atoms with Gasteiger partial charge in [0.1, 0.15) is 0 Å². The maximum atomic E-state index is 5.74. The zero-order valence-corrected chi connectivity index (χ0v) is 7.49. The van der Waals surface area contributed by atoms with Gasteiger partial charge < -0.3 is 5.73 Å². The number of aromatic nitrogens is 3. The number of nitrogens with zero attached hydrogens (tertiary/aromatic N) is 2. The summed E-state index contributed by atoms with van der Waals surface area (Å²) in [4.78, 5) is 3.95. The summed E-state index contributed by atoms with van der Waals surface area (Å²) in [7, 11) is 0. The maximum absolute atomic E-state index is 5.74. The summed E-state index contributed by atoms with van der Waals surface area (Å²) >= 11 is 7.18. The number of nitrogens with one attached hydrogen (secondary N) is 1. The van der Waals surface area contributed by atoms with Crippen molar-refractivity contribution < 1.29 is 0 Å². The number of thiophene rings is 1. The molecule has 0 saturated carbocycles. The van der Waals surface area contributed by atoms with Crippen molar-refractivity contribution in [1.82, 2.24) is 15.2 Å². The second kappa shape index (κ2) is 2.76. The molecule has 4 nitrogen and oxygen atoms in total. The average molecular weight is 201 g/mol. The van der Waals surface area contributed by atoms with E-state index in [2.05, 4.69) is 15.2 Å². The number of H-pyrrole nitrogens is 1. The Morgan fingerprint density at radius 1 is 1.58 bits per heavy atom. The normalized spacial score (nSPS) is 10.4. The fourth-order valence-corrected chi connectivity index (χ4v) is 1.69. The van der Waals surface area contributed by atoms with Crippen LogP contribution in [0.4, 0.5) is 5.95 Å². The predicted octanol–water partition coefficient (Wildman–Crippen LogP) is 1.77. The van der Waals surface area contributed by atoms with Crippen LogP contribution in [0, 0.1) is 0 Å². The first-order chi connectivity index (χ1) is 5.75. The van der Waals surface area contributed by atoms with Crippen LogP contribution >= 0.6 is 22.9 Å². The summed E-state index contributed by atoms with van der Waals surface area (Å²) in [6.07, 6.45) is 0. The number of halogens is 1. The summed E-state index contributed by atoms with van der Waals surface area (Å²) in [5.41, 5.74) is 6.25. The van der Waals surface area contributed by atoms with Crippen LogP contribution in [0.3, 0.4) is 0 Å². The van der Waals surface area contributed by atoms with Crippen molar-refractivity contribution in [3.8, 4) is 11.4 Å². The Hall–Kier alpha value is -1.07. The van der Waals surface area contributed by atoms with E-state index in [1.807, 2.05) is 5.38 Å². The zero-order chi connectivity index (χ0) is 8.55. The van der Waals surface area contributed by atoms with E-state index < -0.39 is 0 Å². The molecule has 0 aromatic carbocycles. The Morgan fingerprint density at radius 3 is 2.92 bits per heavy atom. The third kappa shape index (κ3) is 1.28. The van der Waals surface area contributed by atoms with E-state index in [-0.39, 0.29) is 0 Å². The van der Waals surface area contributed by atoms with Gasteiger partial charge in [-0.15, -0.1) is 11.3 Å². The first-order valence-corrected chi connectivity index (χ1v) is 4.44. The molecule has 2 aromatic rings. The Balaban J connectivity index is 2.43. The van der Waals surface area contributed by atoms with Gasteiger partial charge in [-0.2, -0.15) is 10.1 Å². The molecular weight excluding hydrogens is 196 g/mol. The molecule has 2 heterocycles. The van der Waals surface area contributed by atoms with Crippen molar-refractivity contribution in [3.05, 3.63) is 15.8 Å². The van der Waals surface area contributed by atoms with Gasteiger partial charge in [0, 0.05) is 10.9 Å². The van der Waals surface area contributed by atoms with Gasteiger partial charge in [0.2, 0.25) is 5.95 Å². The number of nitrogens with two attached hydrogens (primary N) is 1. The van der Waals surface area contributed by atoms with Crippen LogP contribution in [0.15, 0.2) is 11.4 Å². The highest BCUT2D eigenvalue weighted by molar-refractivity contribution is 7.14. The molecule has 0 bridgehead atoms. The third-order valence-corrected chi connectivity index (χ3v) is 2.42. The van der Waals surface area contributed by atoms with Gasteiger partial charge in [-0.3, -0.25) is 0 Å². The van der Waals surface area contributed by atoms with Gasteiger partial charge in [0.05, 0.1) is 4.34 Å². The monoisotopic (exact) mass is 200 g/mol. The zero-order valence-electron chi connectivity index (χ0n) is 5.91. The molecule has 2 rings (SSSR count). The van der Waals surface area contributed by atoms with Crippen LogP contribution in [-0.4, -0.2) is 15.2 Å². The van der Waals surface area contributed by atoms with E-state index in [0.29, 0.717) is 16.1 Å². The van der Waals surface area contributed by atoms with Gasteiger partial charge in [0.15, 0.2) is 5.82 Å². The molecule has 62 valence electrons. The molecule has 0 unspecified atom stereocenters. The molecule has 0 amide bonds. The molecule has 0 radical (unpaired) electrons. The minimum Gasteiger partial charge on any atom is -0.368 e. The number of aromatic amines is 1. The summed E-state index contributed by atoms with van der Waals surface area (Å²) < 4.78 is 0.716. The number of nitrogen functional groups attached to an aromatic ring is 1. The average Bonchev–Trinajstić information content (AvgIpc) is 2.58. The molecule has 2 aromatic heterocycles. The van der Waals surface area contributed by atoms with E-state index >= 15 is 0 Å². The Bertz CT molecular complexity index is 355. The summed E-state index contributed by atoms with van der Waals surface area (Å²) in [5.74, 6) is 0.892. The van der Waals surface area contributed by atoms with E-state index in [1.165, 1.54) is 11.3 Å². The quantitative estimate of drug-likeness (QED) is 0.737. The van der Waals surface area contributed by atoms with Crippen molar-refractivity contribution in [2.75, 3.05) is 5.73 Å². The highest BCUT2D eigenvalue weighted by Gasteiger charge is 2.05. The van der Waals surface area contributed by atoms with Crippen molar-refractivity contribution in [2.45, 2.75) is 0 Å². The number of hydrogen-bond donors (Lipinski definition) is 2. The molecule has 0 aliphatic heterocycles. The highest BCUT2D eigenvalue weighted by atomic mass is 35.5. The lowest BCUT2D eigenvalue weighted by molar-refractivity contribution is 1.10. The molecular formula is C6H5ClN4S. The molecule has 0 atom stereocenters. The number of hydrogen-bond acceptors (Lipinski definition) is 4. The summed E-state index contributed by atoms with van der Waals surface area (Å²) in [5, 5.41) is 8.32. The van der Waals surface area contributed by atoms with E-state index in [1.54, 1.807) is 6.07 Å². The first kappa shape index (κ1) is 7.57. The number of anilines is 1. The van der Waals surface area contributed by atoms with Gasteiger partial charge in [0.25, 0.3) is 0 Å².